The quantitative estimate of drug-likeness (QED) is 0.802. The molecule has 28 heavy (non-hydrogen) atoms. The molecule has 1 saturated heterocycles. The van der Waals surface area contributed by atoms with Crippen LogP contribution in [-0.2, 0) is 9.53 Å². The molecule has 0 bridgehead atoms. The molecule has 2 aromatic rings. The van der Waals surface area contributed by atoms with E-state index in [1.165, 1.54) is 19.1 Å². The molecule has 148 valence electrons. The van der Waals surface area contributed by atoms with Gasteiger partial charge in [-0.05, 0) is 42.0 Å². The summed E-state index contributed by atoms with van der Waals surface area (Å²) in [6.45, 7) is 4.61. The Balaban J connectivity index is 1.67. The van der Waals surface area contributed by atoms with E-state index >= 15 is 0 Å². The van der Waals surface area contributed by atoms with Crippen molar-refractivity contribution in [1.29, 1.82) is 0 Å². The van der Waals surface area contributed by atoms with Gasteiger partial charge in [-0.3, -0.25) is 14.5 Å². The normalized spacial score (nSPS) is 15.6. The fourth-order valence-corrected chi connectivity index (χ4v) is 3.23. The molecule has 0 saturated carbocycles. The number of hydrogen-bond acceptors (Lipinski definition) is 4. The Morgan fingerprint density at radius 1 is 1.07 bits per heavy atom. The molecule has 6 nitrogen and oxygen atoms in total. The number of morpholine rings is 1. The molecule has 2 aromatic carbocycles. The molecule has 2 N–H and O–H groups in total. The summed E-state index contributed by atoms with van der Waals surface area (Å²) in [6, 6.07) is 13.0. The van der Waals surface area contributed by atoms with Crippen molar-refractivity contribution in [3.8, 4) is 0 Å². The molecule has 0 aromatic heterocycles. The number of amides is 2. The molecule has 1 aliphatic heterocycles. The standard InChI is InChI=1S/C21H24FN3O3/c1-15(26)24-19-8-4-17(5-9-19)21(27)23-14-20(25-10-12-28-13-11-25)16-2-6-18(22)7-3-16/h2-9,20H,10-14H2,1H3,(H,23,27)(H,24,26). The van der Waals surface area contributed by atoms with Crippen LogP contribution >= 0.6 is 0 Å². The summed E-state index contributed by atoms with van der Waals surface area (Å²) in [4.78, 5) is 25.9. The lowest BCUT2D eigenvalue weighted by molar-refractivity contribution is -0.114. The van der Waals surface area contributed by atoms with Gasteiger partial charge >= 0.3 is 0 Å². The molecule has 0 radical (unpaired) electrons. The number of nitrogens with zero attached hydrogens (tertiary/aromatic N) is 1. The summed E-state index contributed by atoms with van der Waals surface area (Å²) < 4.78 is 18.7. The minimum absolute atomic E-state index is 0.0629. The van der Waals surface area contributed by atoms with Crippen LogP contribution in [-0.4, -0.2) is 49.6 Å². The number of carbonyl (C=O) groups is 2. The largest absolute Gasteiger partial charge is 0.379 e. The summed E-state index contributed by atoms with van der Waals surface area (Å²) in [7, 11) is 0. The summed E-state index contributed by atoms with van der Waals surface area (Å²) in [6.07, 6.45) is 0. The predicted molar refractivity (Wildman–Crippen MR) is 105 cm³/mol. The third-order valence-electron chi connectivity index (χ3n) is 4.66. The Kier molecular flexibility index (Phi) is 6.73. The summed E-state index contributed by atoms with van der Waals surface area (Å²) in [5.74, 6) is -0.646. The van der Waals surface area contributed by atoms with Crippen molar-refractivity contribution in [2.75, 3.05) is 38.2 Å². The average Bonchev–Trinajstić information content (AvgIpc) is 2.70. The summed E-state index contributed by atoms with van der Waals surface area (Å²) in [5.41, 5.74) is 2.10. The smallest absolute Gasteiger partial charge is 0.251 e. The van der Waals surface area contributed by atoms with Crippen molar-refractivity contribution in [1.82, 2.24) is 10.2 Å². The van der Waals surface area contributed by atoms with E-state index in [1.54, 1.807) is 36.4 Å². The van der Waals surface area contributed by atoms with E-state index in [4.69, 9.17) is 4.74 Å². The molecule has 1 unspecified atom stereocenters. The van der Waals surface area contributed by atoms with Gasteiger partial charge in [0.1, 0.15) is 5.82 Å². The highest BCUT2D eigenvalue weighted by atomic mass is 19.1. The van der Waals surface area contributed by atoms with Crippen LogP contribution in [0.3, 0.4) is 0 Å². The molecule has 1 atom stereocenters. The lowest BCUT2D eigenvalue weighted by Gasteiger charge is -2.35. The first kappa shape index (κ1) is 20.0. The van der Waals surface area contributed by atoms with Gasteiger partial charge in [0.25, 0.3) is 5.91 Å². The topological polar surface area (TPSA) is 70.7 Å². The van der Waals surface area contributed by atoms with Gasteiger partial charge in [-0.25, -0.2) is 4.39 Å². The third kappa shape index (κ3) is 5.37. The molecular formula is C21H24FN3O3. The number of nitrogens with one attached hydrogen (secondary N) is 2. The van der Waals surface area contributed by atoms with Gasteiger partial charge in [0.15, 0.2) is 0 Å². The number of rotatable bonds is 6. The molecule has 0 spiro atoms. The summed E-state index contributed by atoms with van der Waals surface area (Å²) >= 11 is 0. The van der Waals surface area contributed by atoms with Crippen LogP contribution < -0.4 is 10.6 Å². The summed E-state index contributed by atoms with van der Waals surface area (Å²) in [5, 5.41) is 5.64. The molecule has 2 amide bonds. The van der Waals surface area contributed by atoms with E-state index in [2.05, 4.69) is 15.5 Å². The molecule has 1 fully saturated rings. The SMILES string of the molecule is CC(=O)Nc1ccc(C(=O)NCC(c2ccc(F)cc2)N2CCOCC2)cc1. The van der Waals surface area contributed by atoms with Crippen LogP contribution in [0.15, 0.2) is 48.5 Å². The predicted octanol–water partition coefficient (Wildman–Crippen LogP) is 2.59. The molecular weight excluding hydrogens is 361 g/mol. The molecule has 7 heteroatoms. The van der Waals surface area contributed by atoms with E-state index in [-0.39, 0.29) is 23.7 Å². The zero-order valence-electron chi connectivity index (χ0n) is 15.8. The van der Waals surface area contributed by atoms with E-state index in [0.29, 0.717) is 31.0 Å². The first-order valence-electron chi connectivity index (χ1n) is 9.26. The second-order valence-corrected chi connectivity index (χ2v) is 6.68. The highest BCUT2D eigenvalue weighted by molar-refractivity contribution is 5.95. The highest BCUT2D eigenvalue weighted by Crippen LogP contribution is 2.22. The molecule has 3 rings (SSSR count). The maximum atomic E-state index is 13.3. The van der Waals surface area contributed by atoms with Crippen molar-refractivity contribution in [2.45, 2.75) is 13.0 Å². The number of carbonyl (C=O) groups excluding carboxylic acids is 2. The van der Waals surface area contributed by atoms with Gasteiger partial charge in [0.05, 0.1) is 19.3 Å². The Labute approximate surface area is 163 Å². The van der Waals surface area contributed by atoms with Crippen LogP contribution in [0.2, 0.25) is 0 Å². The van der Waals surface area contributed by atoms with Gasteiger partial charge in [-0.1, -0.05) is 12.1 Å². The monoisotopic (exact) mass is 385 g/mol. The second-order valence-electron chi connectivity index (χ2n) is 6.68. The number of ether oxygens (including phenoxy) is 1. The first-order valence-corrected chi connectivity index (χ1v) is 9.26. The van der Waals surface area contributed by atoms with Crippen molar-refractivity contribution in [3.05, 3.63) is 65.5 Å². The van der Waals surface area contributed by atoms with Crippen LogP contribution in [0, 0.1) is 5.82 Å². The van der Waals surface area contributed by atoms with Crippen LogP contribution in [0.1, 0.15) is 28.9 Å². The number of hydrogen-bond donors (Lipinski definition) is 2. The third-order valence-corrected chi connectivity index (χ3v) is 4.66. The van der Waals surface area contributed by atoms with Gasteiger partial charge in [0, 0.05) is 37.8 Å². The van der Waals surface area contributed by atoms with Crippen molar-refractivity contribution >= 4 is 17.5 Å². The maximum absolute atomic E-state index is 13.3. The van der Waals surface area contributed by atoms with Gasteiger partial charge in [-0.15, -0.1) is 0 Å². The van der Waals surface area contributed by atoms with Crippen LogP contribution in [0.5, 0.6) is 0 Å². The number of anilines is 1. The fraction of sp³-hybridized carbons (Fsp3) is 0.333. The van der Waals surface area contributed by atoms with Crippen LogP contribution in [0.25, 0.3) is 0 Å². The number of benzene rings is 2. The Morgan fingerprint density at radius 3 is 2.32 bits per heavy atom. The lowest BCUT2D eigenvalue weighted by atomic mass is 10.0. The second kappa shape index (κ2) is 9.43. The minimum Gasteiger partial charge on any atom is -0.379 e. The van der Waals surface area contributed by atoms with Gasteiger partial charge in [0.2, 0.25) is 5.91 Å². The van der Waals surface area contributed by atoms with Crippen LogP contribution in [0.4, 0.5) is 10.1 Å². The van der Waals surface area contributed by atoms with Crippen molar-refractivity contribution in [3.63, 3.8) is 0 Å². The van der Waals surface area contributed by atoms with Crippen molar-refractivity contribution < 1.29 is 18.7 Å². The zero-order chi connectivity index (χ0) is 19.9. The molecule has 1 heterocycles. The molecule has 1 aliphatic rings. The van der Waals surface area contributed by atoms with E-state index < -0.39 is 0 Å². The van der Waals surface area contributed by atoms with Gasteiger partial charge < -0.3 is 15.4 Å². The Morgan fingerprint density at radius 2 is 1.71 bits per heavy atom. The first-order chi connectivity index (χ1) is 13.5. The maximum Gasteiger partial charge on any atom is 0.251 e. The highest BCUT2D eigenvalue weighted by Gasteiger charge is 2.23. The molecule has 0 aliphatic carbocycles. The van der Waals surface area contributed by atoms with Crippen molar-refractivity contribution in [2.24, 2.45) is 0 Å². The average molecular weight is 385 g/mol. The van der Waals surface area contributed by atoms with E-state index in [0.717, 1.165) is 18.7 Å². The Hall–Kier alpha value is -2.77. The zero-order valence-corrected chi connectivity index (χ0v) is 15.8. The van der Waals surface area contributed by atoms with E-state index in [9.17, 15) is 14.0 Å². The van der Waals surface area contributed by atoms with Gasteiger partial charge in [-0.2, -0.15) is 0 Å². The lowest BCUT2D eigenvalue weighted by Crippen LogP contribution is -2.43. The Bertz CT molecular complexity index is 803. The fourth-order valence-electron chi connectivity index (χ4n) is 3.23. The van der Waals surface area contributed by atoms with E-state index in [1.807, 2.05) is 0 Å². The number of halogens is 1. The minimum atomic E-state index is -0.284.